The van der Waals surface area contributed by atoms with Crippen LogP contribution in [-0.4, -0.2) is 26.1 Å². The van der Waals surface area contributed by atoms with Crippen molar-refractivity contribution < 1.29 is 17.6 Å². The summed E-state index contributed by atoms with van der Waals surface area (Å²) < 4.78 is 37.4. The number of sulfone groups is 1. The van der Waals surface area contributed by atoms with Crippen LogP contribution in [0.15, 0.2) is 64.5 Å². The maximum absolute atomic E-state index is 13.0. The Morgan fingerprint density at radius 2 is 1.76 bits per heavy atom. The average molecular weight is 424 g/mol. The van der Waals surface area contributed by atoms with Crippen LogP contribution < -0.4 is 4.90 Å². The van der Waals surface area contributed by atoms with Gasteiger partial charge in [0.2, 0.25) is 5.91 Å². The molecule has 4 nitrogen and oxygen atoms in total. The molecule has 130 valence electrons. The lowest BCUT2D eigenvalue weighted by molar-refractivity contribution is -0.118. The fraction of sp³-hybridized carbons (Fsp3) is 0.167. The first-order valence-corrected chi connectivity index (χ1v) is 10.1. The molecule has 0 aliphatic carbocycles. The summed E-state index contributed by atoms with van der Waals surface area (Å²) in [4.78, 5) is 14.4. The fourth-order valence-electron chi connectivity index (χ4n) is 2.70. The Morgan fingerprint density at radius 3 is 2.32 bits per heavy atom. The van der Waals surface area contributed by atoms with Crippen molar-refractivity contribution in [3.8, 4) is 0 Å². The Kier molecular flexibility index (Phi) is 5.06. The zero-order valence-electron chi connectivity index (χ0n) is 13.1. The molecule has 1 aliphatic rings. The summed E-state index contributed by atoms with van der Waals surface area (Å²) >= 11 is 3.34. The van der Waals surface area contributed by atoms with Gasteiger partial charge in [-0.3, -0.25) is 4.79 Å². The molecule has 0 radical (unpaired) electrons. The Hall–Kier alpha value is -1.99. The molecule has 1 heterocycles. The van der Waals surface area contributed by atoms with Crippen LogP contribution in [-0.2, 0) is 21.1 Å². The highest BCUT2D eigenvalue weighted by atomic mass is 79.9. The fourth-order valence-corrected chi connectivity index (χ4v) is 4.24. The highest BCUT2D eigenvalue weighted by molar-refractivity contribution is 9.10. The van der Waals surface area contributed by atoms with E-state index < -0.39 is 15.9 Å². The molecular weight excluding hydrogens is 409 g/mol. The molecule has 0 N–H and O–H groups in total. The largest absolute Gasteiger partial charge is 0.304 e. The monoisotopic (exact) mass is 423 g/mol. The number of rotatable bonds is 4. The zero-order valence-corrected chi connectivity index (χ0v) is 15.5. The third kappa shape index (κ3) is 4.35. The van der Waals surface area contributed by atoms with Crippen LogP contribution in [0.4, 0.5) is 10.1 Å². The number of halogens is 2. The van der Waals surface area contributed by atoms with Gasteiger partial charge in [0.05, 0.1) is 18.2 Å². The molecule has 3 rings (SSSR count). The van der Waals surface area contributed by atoms with Crippen LogP contribution >= 0.6 is 15.9 Å². The van der Waals surface area contributed by atoms with Gasteiger partial charge in [-0.2, -0.15) is 0 Å². The maximum Gasteiger partial charge on any atom is 0.231 e. The topological polar surface area (TPSA) is 54.5 Å². The van der Waals surface area contributed by atoms with Crippen LogP contribution in [0, 0.1) is 5.82 Å². The van der Waals surface area contributed by atoms with Gasteiger partial charge in [-0.1, -0.05) is 28.1 Å². The second kappa shape index (κ2) is 7.09. The van der Waals surface area contributed by atoms with Gasteiger partial charge in [0.25, 0.3) is 0 Å². The molecule has 2 aromatic rings. The van der Waals surface area contributed by atoms with Crippen molar-refractivity contribution in [3.05, 3.63) is 75.9 Å². The quantitative estimate of drug-likeness (QED) is 0.756. The number of amides is 1. The number of hydrogen-bond donors (Lipinski definition) is 0. The minimum absolute atomic E-state index is 0.0563. The Balaban J connectivity index is 1.90. The minimum atomic E-state index is -3.30. The van der Waals surface area contributed by atoms with E-state index in [2.05, 4.69) is 15.9 Å². The van der Waals surface area contributed by atoms with Gasteiger partial charge in [0, 0.05) is 15.6 Å². The van der Waals surface area contributed by atoms with E-state index in [0.717, 1.165) is 9.88 Å². The van der Waals surface area contributed by atoms with Gasteiger partial charge in [-0.25, -0.2) is 12.8 Å². The highest BCUT2D eigenvalue weighted by Gasteiger charge is 2.31. The van der Waals surface area contributed by atoms with Crippen LogP contribution in [0.5, 0.6) is 0 Å². The van der Waals surface area contributed by atoms with E-state index in [1.807, 2.05) is 0 Å². The second-order valence-electron chi connectivity index (χ2n) is 5.77. The highest BCUT2D eigenvalue weighted by Crippen LogP contribution is 2.25. The van der Waals surface area contributed by atoms with Gasteiger partial charge in [0.1, 0.15) is 5.82 Å². The van der Waals surface area contributed by atoms with E-state index >= 15 is 0 Å². The van der Waals surface area contributed by atoms with Crippen LogP contribution in [0.1, 0.15) is 5.56 Å². The summed E-state index contributed by atoms with van der Waals surface area (Å²) in [5.74, 6) is -0.760. The molecule has 0 bridgehead atoms. The van der Waals surface area contributed by atoms with Gasteiger partial charge in [0.15, 0.2) is 9.84 Å². The molecule has 25 heavy (non-hydrogen) atoms. The molecule has 0 saturated carbocycles. The van der Waals surface area contributed by atoms with Gasteiger partial charge < -0.3 is 4.90 Å². The van der Waals surface area contributed by atoms with Crippen molar-refractivity contribution in [2.45, 2.75) is 12.5 Å². The van der Waals surface area contributed by atoms with E-state index in [1.54, 1.807) is 36.4 Å². The number of anilines is 1. The lowest BCUT2D eigenvalue weighted by Gasteiger charge is -2.28. The molecule has 0 saturated heterocycles. The van der Waals surface area contributed by atoms with Crippen LogP contribution in [0.25, 0.3) is 0 Å². The summed E-state index contributed by atoms with van der Waals surface area (Å²) in [6.07, 6.45) is 1.58. The normalized spacial score (nSPS) is 18.2. The number of benzene rings is 2. The molecule has 0 unspecified atom stereocenters. The number of nitrogens with zero attached hydrogens (tertiary/aromatic N) is 1. The molecule has 1 atom stereocenters. The van der Waals surface area contributed by atoms with Crippen molar-refractivity contribution in [2.24, 2.45) is 0 Å². The molecule has 1 amide bonds. The Morgan fingerprint density at radius 1 is 1.12 bits per heavy atom. The smallest absolute Gasteiger partial charge is 0.231 e. The van der Waals surface area contributed by atoms with E-state index in [4.69, 9.17) is 0 Å². The summed E-state index contributed by atoms with van der Waals surface area (Å²) in [5, 5.41) is 1.15. The van der Waals surface area contributed by atoms with Crippen molar-refractivity contribution in [3.63, 3.8) is 0 Å². The Labute approximate surface area is 154 Å². The van der Waals surface area contributed by atoms with E-state index in [9.17, 15) is 17.6 Å². The predicted octanol–water partition coefficient (Wildman–Crippen LogP) is 3.47. The van der Waals surface area contributed by atoms with Crippen LogP contribution in [0.2, 0.25) is 0 Å². The lowest BCUT2D eigenvalue weighted by atomic mass is 10.1. The minimum Gasteiger partial charge on any atom is -0.304 e. The predicted molar refractivity (Wildman–Crippen MR) is 98.4 cm³/mol. The first-order chi connectivity index (χ1) is 11.8. The van der Waals surface area contributed by atoms with Gasteiger partial charge in [-0.05, 0) is 48.0 Å². The van der Waals surface area contributed by atoms with Gasteiger partial charge in [-0.15, -0.1) is 0 Å². The van der Waals surface area contributed by atoms with Crippen molar-refractivity contribution in [1.82, 2.24) is 0 Å². The first-order valence-electron chi connectivity index (χ1n) is 7.57. The summed E-state index contributed by atoms with van der Waals surface area (Å²) in [7, 11) is -3.30. The van der Waals surface area contributed by atoms with E-state index in [-0.39, 0.29) is 23.9 Å². The summed E-state index contributed by atoms with van der Waals surface area (Å²) in [6, 6.07) is 12.2. The molecule has 1 aliphatic heterocycles. The van der Waals surface area contributed by atoms with Crippen molar-refractivity contribution >= 4 is 37.4 Å². The number of carbonyl (C=O) groups excluding carboxylic acids is 1. The molecule has 0 spiro atoms. The second-order valence-corrected chi connectivity index (χ2v) is 8.62. The Bertz CT molecular complexity index is 908. The third-order valence-electron chi connectivity index (χ3n) is 3.88. The summed E-state index contributed by atoms with van der Waals surface area (Å²) in [6.45, 7) is 0. The van der Waals surface area contributed by atoms with Crippen molar-refractivity contribution in [2.75, 3.05) is 10.7 Å². The number of carbonyl (C=O) groups is 1. The first kappa shape index (κ1) is 17.8. The molecule has 0 fully saturated rings. The molecule has 2 aromatic carbocycles. The SMILES string of the molecule is O=C(Cc1ccc(F)cc1)N(c1ccc(Br)cc1)[C@H]1C=CS(=O)(=O)C1. The molecule has 0 aromatic heterocycles. The maximum atomic E-state index is 13.0. The van der Waals surface area contributed by atoms with Gasteiger partial charge >= 0.3 is 0 Å². The van der Waals surface area contributed by atoms with Crippen molar-refractivity contribution in [1.29, 1.82) is 0 Å². The standard InChI is InChI=1S/C18H15BrFNO3S/c19-14-3-7-16(8-4-14)21(17-9-10-25(23,24)12-17)18(22)11-13-1-5-15(20)6-2-13/h1-10,17H,11-12H2/t17-/m0/s1. The molecular formula is C18H15BrFNO3S. The lowest BCUT2D eigenvalue weighted by Crippen LogP contribution is -2.42. The van der Waals surface area contributed by atoms with Crippen LogP contribution in [0.3, 0.4) is 0 Å². The zero-order chi connectivity index (χ0) is 18.0. The van der Waals surface area contributed by atoms with E-state index in [0.29, 0.717) is 11.3 Å². The molecule has 7 heteroatoms. The van der Waals surface area contributed by atoms with E-state index in [1.165, 1.54) is 23.1 Å². The third-order valence-corrected chi connectivity index (χ3v) is 5.79. The average Bonchev–Trinajstić information content (AvgIpc) is 2.91. The summed E-state index contributed by atoms with van der Waals surface area (Å²) in [5.41, 5.74) is 1.28. The number of hydrogen-bond acceptors (Lipinski definition) is 3.